The Balaban J connectivity index is 1.67. The first-order valence-corrected chi connectivity index (χ1v) is 15.5. The molecule has 0 aliphatic heterocycles. The van der Waals surface area contributed by atoms with Gasteiger partial charge in [-0.25, -0.2) is 26.7 Å². The second-order valence-electron chi connectivity index (χ2n) is 9.79. The number of primary sulfonamides is 1. The molecule has 0 spiro atoms. The molecule has 0 saturated heterocycles. The molecule has 0 radical (unpaired) electrons. The number of hydrogen-bond donors (Lipinski definition) is 3. The van der Waals surface area contributed by atoms with Crippen LogP contribution in [0.3, 0.4) is 0 Å². The maximum atomic E-state index is 13.4. The number of hydrogen-bond acceptors (Lipinski definition) is 6. The van der Waals surface area contributed by atoms with Crippen molar-refractivity contribution in [2.75, 3.05) is 4.72 Å². The fraction of sp³-hybridized carbons (Fsp3) is 0.111. The first-order chi connectivity index (χ1) is 20.7. The highest BCUT2D eigenvalue weighted by Crippen LogP contribution is 2.38. The van der Waals surface area contributed by atoms with E-state index in [1.54, 1.807) is 12.1 Å². The molecule has 1 amide bonds. The Morgan fingerprint density at radius 1 is 0.778 bits per heavy atom. The predicted molar refractivity (Wildman–Crippen MR) is 150 cm³/mol. The number of nitrogens with two attached hydrogens (primary N) is 2. The van der Waals surface area contributed by atoms with E-state index in [2.05, 4.69) is 5.10 Å². The van der Waals surface area contributed by atoms with Gasteiger partial charge in [0.05, 0.1) is 44.2 Å². The second-order valence-corrected chi connectivity index (χ2v) is 13.0. The monoisotopic (exact) mass is 671 g/mol. The molecule has 5 rings (SSSR count). The van der Waals surface area contributed by atoms with Crippen LogP contribution in [0.15, 0.2) is 82.6 Å². The molecule has 4 aromatic carbocycles. The molecule has 1 aromatic heterocycles. The predicted octanol–water partition coefficient (Wildman–Crippen LogP) is 4.69. The van der Waals surface area contributed by atoms with E-state index in [9.17, 15) is 48.0 Å². The van der Waals surface area contributed by atoms with E-state index in [0.717, 1.165) is 0 Å². The highest BCUT2D eigenvalue weighted by atomic mass is 32.2. The number of aromatic nitrogens is 2. The fourth-order valence-electron chi connectivity index (χ4n) is 4.61. The topological polar surface area (TPSA) is 167 Å². The smallest absolute Gasteiger partial charge is 0.369 e. The molecule has 5 N–H and O–H groups in total. The van der Waals surface area contributed by atoms with Gasteiger partial charge in [-0.05, 0) is 60.0 Å². The molecule has 10 nitrogen and oxygen atoms in total. The third kappa shape index (κ3) is 6.43. The number of sulfonamides is 2. The maximum absolute atomic E-state index is 13.4. The van der Waals surface area contributed by atoms with Crippen LogP contribution in [-0.4, -0.2) is 32.5 Å². The summed E-state index contributed by atoms with van der Waals surface area (Å²) in [6.07, 6.45) is -10.9. The molecule has 0 atom stereocenters. The minimum atomic E-state index is -5.27. The molecule has 0 aliphatic rings. The van der Waals surface area contributed by atoms with Gasteiger partial charge in [0.2, 0.25) is 15.9 Å². The van der Waals surface area contributed by atoms with Gasteiger partial charge in [-0.1, -0.05) is 18.2 Å². The van der Waals surface area contributed by atoms with E-state index >= 15 is 0 Å². The van der Waals surface area contributed by atoms with Crippen molar-refractivity contribution in [3.63, 3.8) is 0 Å². The van der Waals surface area contributed by atoms with Crippen molar-refractivity contribution in [3.05, 3.63) is 89.6 Å². The van der Waals surface area contributed by atoms with Crippen LogP contribution >= 0.6 is 0 Å². The van der Waals surface area contributed by atoms with Crippen molar-refractivity contribution in [2.24, 2.45) is 10.9 Å². The van der Waals surface area contributed by atoms with Gasteiger partial charge in [0.25, 0.3) is 10.0 Å². The number of primary amides is 1. The summed E-state index contributed by atoms with van der Waals surface area (Å²) < 4.78 is 133. The molecule has 18 heteroatoms. The number of fused-ring (bicyclic) bond motifs is 3. The van der Waals surface area contributed by atoms with E-state index in [1.807, 2.05) is 4.72 Å². The van der Waals surface area contributed by atoms with E-state index < -0.39 is 54.3 Å². The number of halogens is 6. The average molecular weight is 672 g/mol. The van der Waals surface area contributed by atoms with Crippen molar-refractivity contribution in [3.8, 4) is 5.69 Å². The lowest BCUT2D eigenvalue weighted by molar-refractivity contribution is -0.143. The molecule has 0 unspecified atom stereocenters. The van der Waals surface area contributed by atoms with Crippen LogP contribution in [0.2, 0.25) is 0 Å². The second kappa shape index (κ2) is 10.7. The Kier molecular flexibility index (Phi) is 7.57. The zero-order valence-electron chi connectivity index (χ0n) is 22.3. The lowest BCUT2D eigenvalue weighted by atomic mass is 10.0. The number of amides is 1. The zero-order valence-corrected chi connectivity index (χ0v) is 23.9. The molecule has 0 bridgehead atoms. The SMILES string of the molecule is NC(=O)Cc1nn(-c2ccc(S(N)(=O)=O)cc2)c2c1ccc1ccc(NS(=O)(=O)c3cc(C(F)(F)F)cc(C(F)(F)F)c3)cc12. The molecule has 0 saturated carbocycles. The quantitative estimate of drug-likeness (QED) is 0.212. The third-order valence-corrected chi connectivity index (χ3v) is 8.90. The van der Waals surface area contributed by atoms with Gasteiger partial charge >= 0.3 is 12.4 Å². The molecule has 0 aliphatic carbocycles. The molecular weight excluding hydrogens is 652 g/mol. The van der Waals surface area contributed by atoms with Crippen LogP contribution in [0.4, 0.5) is 32.0 Å². The van der Waals surface area contributed by atoms with E-state index in [1.165, 1.54) is 47.1 Å². The standard InChI is InChI=1S/C27H19F6N5O5S2/c28-26(29,30)15-9-16(27(31,32)33)11-20(10-15)45(42,43)37-17-3-1-14-2-8-21-23(13-24(34)39)36-38(25(21)22(14)12-17)18-4-6-19(7-5-18)44(35,40)41/h1-12,37H,13H2,(H2,34,39)(H2,35,40,41). The van der Waals surface area contributed by atoms with Crippen LogP contribution in [0.5, 0.6) is 0 Å². The lowest BCUT2D eigenvalue weighted by Gasteiger charge is -2.15. The minimum Gasteiger partial charge on any atom is -0.369 e. The van der Waals surface area contributed by atoms with Crippen LogP contribution < -0.4 is 15.6 Å². The van der Waals surface area contributed by atoms with Crippen molar-refractivity contribution in [2.45, 2.75) is 28.6 Å². The summed E-state index contributed by atoms with van der Waals surface area (Å²) in [6.45, 7) is 0. The summed E-state index contributed by atoms with van der Waals surface area (Å²) >= 11 is 0. The average Bonchev–Trinajstić information content (AvgIpc) is 3.29. The molecule has 0 fully saturated rings. The van der Waals surface area contributed by atoms with Crippen molar-refractivity contribution in [1.29, 1.82) is 0 Å². The molecule has 236 valence electrons. The minimum absolute atomic E-state index is 0.0905. The van der Waals surface area contributed by atoms with Crippen molar-refractivity contribution >= 4 is 53.3 Å². The fourth-order valence-corrected chi connectivity index (χ4v) is 6.24. The van der Waals surface area contributed by atoms with Crippen LogP contribution in [0, 0.1) is 0 Å². The largest absolute Gasteiger partial charge is 0.416 e. The van der Waals surface area contributed by atoms with Crippen LogP contribution in [0.1, 0.15) is 16.8 Å². The first kappa shape index (κ1) is 31.7. The van der Waals surface area contributed by atoms with E-state index in [-0.39, 0.29) is 40.9 Å². The Hall–Kier alpha value is -4.68. The summed E-state index contributed by atoms with van der Waals surface area (Å²) in [5.41, 5.74) is 2.34. The van der Waals surface area contributed by atoms with Gasteiger partial charge in [-0.2, -0.15) is 31.4 Å². The Labute approximate surface area is 250 Å². The summed E-state index contributed by atoms with van der Waals surface area (Å²) in [5.74, 6) is -0.730. The number of nitrogens with zero attached hydrogens (tertiary/aromatic N) is 2. The van der Waals surface area contributed by atoms with Gasteiger partial charge in [0, 0.05) is 16.5 Å². The lowest BCUT2D eigenvalue weighted by Crippen LogP contribution is -2.17. The Morgan fingerprint density at radius 2 is 1.36 bits per heavy atom. The Morgan fingerprint density at radius 3 is 1.89 bits per heavy atom. The molecule has 5 aromatic rings. The Bertz CT molecular complexity index is 2180. The highest BCUT2D eigenvalue weighted by Gasteiger charge is 2.38. The number of rotatable bonds is 7. The summed E-state index contributed by atoms with van der Waals surface area (Å²) in [5, 5.41) is 10.8. The number of nitrogens with one attached hydrogen (secondary N) is 1. The normalized spacial score (nSPS) is 13.0. The molecule has 1 heterocycles. The van der Waals surface area contributed by atoms with Gasteiger partial charge in [0.15, 0.2) is 0 Å². The van der Waals surface area contributed by atoms with Crippen LogP contribution in [-0.2, 0) is 43.6 Å². The summed E-state index contributed by atoms with van der Waals surface area (Å²) in [4.78, 5) is 10.3. The van der Waals surface area contributed by atoms with Gasteiger partial charge in [0.1, 0.15) is 0 Å². The number of anilines is 1. The van der Waals surface area contributed by atoms with E-state index in [4.69, 9.17) is 10.9 Å². The summed E-state index contributed by atoms with van der Waals surface area (Å²) in [7, 11) is -9.03. The van der Waals surface area contributed by atoms with Crippen LogP contribution in [0.25, 0.3) is 27.4 Å². The number of carbonyl (C=O) groups excluding carboxylic acids is 1. The van der Waals surface area contributed by atoms with Gasteiger partial charge < -0.3 is 5.73 Å². The number of benzene rings is 4. The van der Waals surface area contributed by atoms with Gasteiger partial charge in [-0.15, -0.1) is 0 Å². The first-order valence-electron chi connectivity index (χ1n) is 12.4. The number of carbonyl (C=O) groups is 1. The molecular formula is C27H19F6N5O5S2. The van der Waals surface area contributed by atoms with Crippen molar-refractivity contribution < 1.29 is 48.0 Å². The number of alkyl halides is 6. The summed E-state index contributed by atoms with van der Waals surface area (Å²) in [6, 6.07) is 12.3. The highest BCUT2D eigenvalue weighted by molar-refractivity contribution is 7.92. The van der Waals surface area contributed by atoms with Gasteiger partial charge in [-0.3, -0.25) is 9.52 Å². The van der Waals surface area contributed by atoms with E-state index in [0.29, 0.717) is 27.4 Å². The van der Waals surface area contributed by atoms with Crippen molar-refractivity contribution in [1.82, 2.24) is 9.78 Å². The molecule has 45 heavy (non-hydrogen) atoms. The maximum Gasteiger partial charge on any atom is 0.416 e. The zero-order chi connectivity index (χ0) is 33.1. The third-order valence-electron chi connectivity index (χ3n) is 6.61.